The average molecular weight is 125 g/mol. The van der Waals surface area contributed by atoms with Crippen molar-refractivity contribution in [3.05, 3.63) is 0 Å². The van der Waals surface area contributed by atoms with Crippen LogP contribution in [0.2, 0.25) is 0 Å². The zero-order valence-electron chi connectivity index (χ0n) is 5.77. The highest BCUT2D eigenvalue weighted by molar-refractivity contribution is 4.59. The van der Waals surface area contributed by atoms with Gasteiger partial charge in [-0.05, 0) is 20.3 Å². The molecule has 0 saturated carbocycles. The van der Waals surface area contributed by atoms with Gasteiger partial charge in [-0.3, -0.25) is 4.70 Å². The fourth-order valence-electron chi connectivity index (χ4n) is 0. The van der Waals surface area contributed by atoms with E-state index >= 15 is 0 Å². The lowest BCUT2D eigenvalue weighted by atomic mass is 10.1. The van der Waals surface area contributed by atoms with Crippen LogP contribution in [0.5, 0.6) is 0 Å². The average Bonchev–Trinajstić information content (AvgIpc) is 1.35. The fraction of sp³-hybridized carbons (Fsp3) is 1.00. The summed E-state index contributed by atoms with van der Waals surface area (Å²) in [5, 5.41) is 8.83. The van der Waals surface area contributed by atoms with E-state index in [2.05, 4.69) is 0 Å². The molecule has 54 valence electrons. The summed E-state index contributed by atoms with van der Waals surface area (Å²) < 4.78 is 0. The maximum absolute atomic E-state index is 8.83. The lowest BCUT2D eigenvalue weighted by Crippen LogP contribution is -2.15. The predicted molar refractivity (Wildman–Crippen MR) is 34.1 cm³/mol. The van der Waals surface area contributed by atoms with Gasteiger partial charge in [-0.1, -0.05) is 6.92 Å². The molecule has 0 aliphatic rings. The third kappa shape index (κ3) is 16.9. The zero-order chi connectivity index (χ0) is 5.21. The molecule has 0 heterocycles. The molecule has 0 aromatic rings. The first-order valence-corrected chi connectivity index (χ1v) is 2.28. The molecule has 0 bridgehead atoms. The molecule has 2 nitrogen and oxygen atoms in total. The van der Waals surface area contributed by atoms with E-state index in [-0.39, 0.29) is 10.9 Å². The van der Waals surface area contributed by atoms with Gasteiger partial charge in [0.05, 0.1) is 5.60 Å². The number of aliphatic hydroxyl groups is 1. The minimum atomic E-state index is -0.458. The number of halogens is 1. The van der Waals surface area contributed by atoms with Crippen molar-refractivity contribution in [1.82, 2.24) is 6.15 Å². The van der Waals surface area contributed by atoms with Gasteiger partial charge in [0.15, 0.2) is 0 Å². The van der Waals surface area contributed by atoms with Crippen LogP contribution in [0.15, 0.2) is 0 Å². The highest BCUT2D eigenvalue weighted by Gasteiger charge is 2.05. The van der Waals surface area contributed by atoms with Crippen molar-refractivity contribution < 1.29 is 9.81 Å². The maximum Gasteiger partial charge on any atom is 0.0589 e. The van der Waals surface area contributed by atoms with E-state index in [1.54, 1.807) is 13.8 Å². The van der Waals surface area contributed by atoms with Gasteiger partial charge < -0.3 is 11.3 Å². The Morgan fingerprint density at radius 3 is 1.50 bits per heavy atom. The van der Waals surface area contributed by atoms with Crippen LogP contribution in [0.25, 0.3) is 0 Å². The summed E-state index contributed by atoms with van der Waals surface area (Å²) in [4.78, 5) is 0. The Kier molecular flexibility index (Phi) is 9.78. The Hall–Kier alpha value is -0.150. The summed E-state index contributed by atoms with van der Waals surface area (Å²) in [6.45, 7) is 5.56. The lowest BCUT2D eigenvalue weighted by molar-refractivity contribution is 0.0765. The highest BCUT2D eigenvalue weighted by Crippen LogP contribution is 2.03. The van der Waals surface area contributed by atoms with Gasteiger partial charge >= 0.3 is 0 Å². The van der Waals surface area contributed by atoms with E-state index in [1.165, 1.54) is 0 Å². The summed E-state index contributed by atoms with van der Waals surface area (Å²) in [6, 6.07) is 0. The quantitative estimate of drug-likeness (QED) is 0.557. The second kappa shape index (κ2) is 5.00. The SMILES string of the molecule is CCC(C)(C)O.F.N. The van der Waals surface area contributed by atoms with Crippen molar-refractivity contribution >= 4 is 0 Å². The van der Waals surface area contributed by atoms with E-state index in [0.29, 0.717) is 0 Å². The highest BCUT2D eigenvalue weighted by atomic mass is 19.0. The van der Waals surface area contributed by atoms with Gasteiger partial charge in [0.1, 0.15) is 0 Å². The minimum absolute atomic E-state index is 0. The molecular formula is C5H16FNO. The van der Waals surface area contributed by atoms with E-state index in [9.17, 15) is 0 Å². The largest absolute Gasteiger partial charge is 0.390 e. The minimum Gasteiger partial charge on any atom is -0.390 e. The van der Waals surface area contributed by atoms with Gasteiger partial charge in [0.25, 0.3) is 0 Å². The van der Waals surface area contributed by atoms with Crippen molar-refractivity contribution in [3.8, 4) is 0 Å². The summed E-state index contributed by atoms with van der Waals surface area (Å²) >= 11 is 0. The van der Waals surface area contributed by atoms with Crippen molar-refractivity contribution in [1.29, 1.82) is 0 Å². The third-order valence-electron chi connectivity index (χ3n) is 0.865. The van der Waals surface area contributed by atoms with Crippen molar-refractivity contribution in [2.75, 3.05) is 0 Å². The second-order valence-electron chi connectivity index (χ2n) is 2.17. The van der Waals surface area contributed by atoms with Gasteiger partial charge in [-0.25, -0.2) is 0 Å². The first-order chi connectivity index (χ1) is 2.56. The van der Waals surface area contributed by atoms with Crippen LogP contribution < -0.4 is 6.15 Å². The molecule has 0 aliphatic heterocycles. The van der Waals surface area contributed by atoms with Crippen molar-refractivity contribution in [2.24, 2.45) is 0 Å². The fourth-order valence-corrected chi connectivity index (χ4v) is 0. The molecule has 0 aromatic heterocycles. The summed E-state index contributed by atoms with van der Waals surface area (Å²) in [5.41, 5.74) is -0.458. The number of hydrogen-bond donors (Lipinski definition) is 2. The summed E-state index contributed by atoms with van der Waals surface area (Å²) in [5.74, 6) is 0. The number of rotatable bonds is 1. The molecule has 0 aliphatic carbocycles. The standard InChI is InChI=1S/C5H12O.FH.H3N/c1-4-5(2,3)6;;/h6H,4H2,1-3H3;1H;1H3. The van der Waals surface area contributed by atoms with Gasteiger partial charge in [0.2, 0.25) is 0 Å². The molecule has 0 rings (SSSR count). The molecule has 0 radical (unpaired) electrons. The van der Waals surface area contributed by atoms with Crippen molar-refractivity contribution in [2.45, 2.75) is 32.8 Å². The predicted octanol–water partition coefficient (Wildman–Crippen LogP) is 1.48. The van der Waals surface area contributed by atoms with Gasteiger partial charge in [-0.15, -0.1) is 0 Å². The molecule has 4 N–H and O–H groups in total. The van der Waals surface area contributed by atoms with Gasteiger partial charge in [0, 0.05) is 0 Å². The molecule has 3 heteroatoms. The molecule has 0 saturated heterocycles. The molecule has 0 aromatic carbocycles. The Balaban J connectivity index is -0.000000125. The van der Waals surface area contributed by atoms with E-state index < -0.39 is 5.60 Å². The molecule has 0 fully saturated rings. The Morgan fingerprint density at radius 1 is 1.38 bits per heavy atom. The monoisotopic (exact) mass is 125 g/mol. The lowest BCUT2D eigenvalue weighted by Gasteiger charge is -2.11. The first-order valence-electron chi connectivity index (χ1n) is 2.28. The molecule has 0 unspecified atom stereocenters. The molecule has 0 spiro atoms. The maximum atomic E-state index is 8.83. The zero-order valence-corrected chi connectivity index (χ0v) is 5.77. The van der Waals surface area contributed by atoms with Crippen LogP contribution in [0.1, 0.15) is 27.2 Å². The Labute approximate surface area is 49.9 Å². The second-order valence-corrected chi connectivity index (χ2v) is 2.17. The molecule has 0 atom stereocenters. The van der Waals surface area contributed by atoms with Gasteiger partial charge in [-0.2, -0.15) is 0 Å². The molecule has 8 heavy (non-hydrogen) atoms. The van der Waals surface area contributed by atoms with Crippen LogP contribution in [0.4, 0.5) is 4.70 Å². The van der Waals surface area contributed by atoms with E-state index in [4.69, 9.17) is 5.11 Å². The smallest absolute Gasteiger partial charge is 0.0589 e. The Bertz CT molecular complexity index is 42.2. The summed E-state index contributed by atoms with van der Waals surface area (Å²) in [7, 11) is 0. The number of hydrogen-bond acceptors (Lipinski definition) is 2. The molecule has 0 amide bonds. The van der Waals surface area contributed by atoms with E-state index in [0.717, 1.165) is 6.42 Å². The first kappa shape index (κ1) is 15.7. The Morgan fingerprint density at radius 2 is 1.50 bits per heavy atom. The van der Waals surface area contributed by atoms with Crippen LogP contribution in [-0.2, 0) is 0 Å². The third-order valence-corrected chi connectivity index (χ3v) is 0.865. The van der Waals surface area contributed by atoms with Crippen molar-refractivity contribution in [3.63, 3.8) is 0 Å². The van der Waals surface area contributed by atoms with E-state index in [1.807, 2.05) is 6.92 Å². The normalized spacial score (nSPS) is 9.00. The summed E-state index contributed by atoms with van der Waals surface area (Å²) in [6.07, 6.45) is 0.826. The molecular weight excluding hydrogens is 109 g/mol. The van der Waals surface area contributed by atoms with Crippen LogP contribution in [0, 0.1) is 0 Å². The van der Waals surface area contributed by atoms with Crippen LogP contribution in [0.3, 0.4) is 0 Å². The van der Waals surface area contributed by atoms with Crippen LogP contribution >= 0.6 is 0 Å². The van der Waals surface area contributed by atoms with Crippen LogP contribution in [-0.4, -0.2) is 10.7 Å². The topological polar surface area (TPSA) is 55.2 Å².